The minimum absolute atomic E-state index is 0.306. The molecule has 4 aliphatic carbocycles. The molecule has 144 valence electrons. The average molecular weight is 376 g/mol. The Morgan fingerprint density at radius 2 is 1.78 bits per heavy atom. The maximum Gasteiger partial charge on any atom is 0.312 e. The summed E-state index contributed by atoms with van der Waals surface area (Å²) >= 11 is 0. The monoisotopic (exact) mass is 376 g/mol. The Balaban J connectivity index is 1.36. The quantitative estimate of drug-likeness (QED) is 0.482. The third-order valence-electron chi connectivity index (χ3n) is 6.24. The normalized spacial score (nSPS) is 30.8. The number of halogens is 1. The van der Waals surface area contributed by atoms with Crippen LogP contribution in [0.15, 0.2) is 18.2 Å². The van der Waals surface area contributed by atoms with E-state index in [1.807, 2.05) is 0 Å². The first-order valence-corrected chi connectivity index (χ1v) is 9.26. The van der Waals surface area contributed by atoms with E-state index in [1.165, 1.54) is 19.3 Å². The number of hydrogen-bond donors (Lipinski definition) is 1. The van der Waals surface area contributed by atoms with Crippen LogP contribution in [-0.2, 0) is 14.3 Å². The number of carbonyl (C=O) groups excluding carboxylic acids is 2. The van der Waals surface area contributed by atoms with Crippen molar-refractivity contribution in [2.75, 3.05) is 11.9 Å². The molecule has 0 unspecified atom stereocenters. The molecule has 8 heteroatoms. The number of carbonyl (C=O) groups is 2. The molecule has 7 nitrogen and oxygen atoms in total. The largest absolute Gasteiger partial charge is 0.455 e. The molecule has 1 N–H and O–H groups in total. The van der Waals surface area contributed by atoms with E-state index in [2.05, 4.69) is 5.32 Å². The second-order valence-electron chi connectivity index (χ2n) is 8.24. The van der Waals surface area contributed by atoms with Crippen LogP contribution in [0, 0.1) is 39.1 Å². The van der Waals surface area contributed by atoms with Crippen molar-refractivity contribution in [1.82, 2.24) is 0 Å². The molecule has 0 heterocycles. The van der Waals surface area contributed by atoms with Crippen LogP contribution < -0.4 is 5.32 Å². The second-order valence-corrected chi connectivity index (χ2v) is 8.24. The van der Waals surface area contributed by atoms with Crippen molar-refractivity contribution >= 4 is 23.3 Å². The molecule has 4 fully saturated rings. The Morgan fingerprint density at radius 1 is 1.19 bits per heavy atom. The zero-order valence-electron chi connectivity index (χ0n) is 14.8. The minimum Gasteiger partial charge on any atom is -0.455 e. The molecule has 1 aromatic rings. The van der Waals surface area contributed by atoms with Crippen molar-refractivity contribution < 1.29 is 23.6 Å². The van der Waals surface area contributed by atoms with Crippen molar-refractivity contribution in [1.29, 1.82) is 0 Å². The summed E-state index contributed by atoms with van der Waals surface area (Å²) in [6, 6.07) is 2.86. The molecule has 1 aromatic carbocycles. The van der Waals surface area contributed by atoms with Crippen LogP contribution in [0.5, 0.6) is 0 Å². The van der Waals surface area contributed by atoms with Crippen molar-refractivity contribution in [2.45, 2.75) is 38.5 Å². The lowest BCUT2D eigenvalue weighted by molar-refractivity contribution is -0.384. The maximum absolute atomic E-state index is 13.8. The number of benzene rings is 1. The predicted molar refractivity (Wildman–Crippen MR) is 93.2 cm³/mol. The number of anilines is 1. The summed E-state index contributed by atoms with van der Waals surface area (Å²) in [7, 11) is 0. The SMILES string of the molecule is O=C(COC(=O)C12CC3CC(CC(C3)C1)C2)Nc1cc([N+](=O)[O-])ccc1F. The third kappa shape index (κ3) is 3.40. The van der Waals surface area contributed by atoms with E-state index in [0.29, 0.717) is 17.8 Å². The number of amides is 1. The van der Waals surface area contributed by atoms with E-state index in [4.69, 9.17) is 4.74 Å². The van der Waals surface area contributed by atoms with Crippen LogP contribution in [0.4, 0.5) is 15.8 Å². The Kier molecular flexibility index (Phi) is 4.36. The second kappa shape index (κ2) is 6.58. The van der Waals surface area contributed by atoms with Crippen LogP contribution >= 0.6 is 0 Å². The van der Waals surface area contributed by atoms with E-state index in [0.717, 1.165) is 37.5 Å². The molecule has 1 amide bonds. The zero-order chi connectivity index (χ0) is 19.2. The molecule has 4 saturated carbocycles. The highest BCUT2D eigenvalue weighted by molar-refractivity contribution is 5.93. The van der Waals surface area contributed by atoms with E-state index in [9.17, 15) is 24.1 Å². The van der Waals surface area contributed by atoms with Gasteiger partial charge in [-0.2, -0.15) is 0 Å². The number of rotatable bonds is 5. The van der Waals surface area contributed by atoms with E-state index in [1.54, 1.807) is 0 Å². The summed E-state index contributed by atoms with van der Waals surface area (Å²) in [5.41, 5.74) is -1.11. The van der Waals surface area contributed by atoms with Gasteiger partial charge < -0.3 is 10.1 Å². The van der Waals surface area contributed by atoms with Crippen LogP contribution in [-0.4, -0.2) is 23.4 Å². The number of ether oxygens (including phenoxy) is 1. The van der Waals surface area contributed by atoms with Gasteiger partial charge >= 0.3 is 5.97 Å². The number of nitro groups is 1. The fourth-order valence-electron chi connectivity index (χ4n) is 5.55. The molecule has 4 aliphatic rings. The predicted octanol–water partition coefficient (Wildman–Crippen LogP) is 3.43. The first-order chi connectivity index (χ1) is 12.8. The van der Waals surface area contributed by atoms with Crippen molar-refractivity contribution in [3.05, 3.63) is 34.1 Å². The molecule has 0 aliphatic heterocycles. The number of nitro benzene ring substituents is 1. The van der Waals surface area contributed by atoms with Gasteiger partial charge in [0.1, 0.15) is 5.82 Å². The number of nitrogens with zero attached hydrogens (tertiary/aromatic N) is 1. The summed E-state index contributed by atoms with van der Waals surface area (Å²) in [4.78, 5) is 34.8. The zero-order valence-corrected chi connectivity index (χ0v) is 14.8. The van der Waals surface area contributed by atoms with Crippen molar-refractivity contribution in [3.63, 3.8) is 0 Å². The van der Waals surface area contributed by atoms with Gasteiger partial charge in [0, 0.05) is 12.1 Å². The lowest BCUT2D eigenvalue weighted by atomic mass is 9.49. The lowest BCUT2D eigenvalue weighted by Gasteiger charge is -2.55. The summed E-state index contributed by atoms with van der Waals surface area (Å²) in [5, 5.41) is 13.0. The standard InChI is InChI=1S/C19H21FN2O5/c20-15-2-1-14(22(25)26)6-16(15)21-17(23)10-27-18(24)19-7-11-3-12(8-19)5-13(4-11)9-19/h1-2,6,11-13H,3-5,7-10H2,(H,21,23). The smallest absolute Gasteiger partial charge is 0.312 e. The summed E-state index contributed by atoms with van der Waals surface area (Å²) < 4.78 is 19.0. The van der Waals surface area contributed by atoms with E-state index < -0.39 is 28.7 Å². The van der Waals surface area contributed by atoms with Crippen LogP contribution in [0.3, 0.4) is 0 Å². The molecule has 0 atom stereocenters. The maximum atomic E-state index is 13.8. The van der Waals surface area contributed by atoms with E-state index >= 15 is 0 Å². The number of hydrogen-bond acceptors (Lipinski definition) is 5. The minimum atomic E-state index is -0.790. The van der Waals surface area contributed by atoms with Crippen LogP contribution in [0.25, 0.3) is 0 Å². The molecule has 0 saturated heterocycles. The molecule has 27 heavy (non-hydrogen) atoms. The van der Waals surface area contributed by atoms with Gasteiger partial charge in [0.25, 0.3) is 11.6 Å². The van der Waals surface area contributed by atoms with Gasteiger partial charge in [-0.1, -0.05) is 0 Å². The number of non-ortho nitro benzene ring substituents is 1. The van der Waals surface area contributed by atoms with E-state index in [-0.39, 0.29) is 17.3 Å². The van der Waals surface area contributed by atoms with Crippen LogP contribution in [0.2, 0.25) is 0 Å². The first-order valence-electron chi connectivity index (χ1n) is 9.26. The number of nitrogens with one attached hydrogen (secondary N) is 1. The molecule has 5 rings (SSSR count). The van der Waals surface area contributed by atoms with Crippen molar-refractivity contribution in [3.8, 4) is 0 Å². The molecule has 0 aromatic heterocycles. The molecular formula is C19H21FN2O5. The third-order valence-corrected chi connectivity index (χ3v) is 6.24. The Labute approximate surface area is 155 Å². The molecule has 0 spiro atoms. The Morgan fingerprint density at radius 3 is 2.33 bits per heavy atom. The van der Waals surface area contributed by atoms with Gasteiger partial charge in [-0.3, -0.25) is 19.7 Å². The van der Waals surface area contributed by atoms with Gasteiger partial charge in [0.05, 0.1) is 16.0 Å². The van der Waals surface area contributed by atoms with Gasteiger partial charge in [0.15, 0.2) is 6.61 Å². The van der Waals surface area contributed by atoms with Crippen LogP contribution in [0.1, 0.15) is 38.5 Å². The molecule has 0 radical (unpaired) electrons. The van der Waals surface area contributed by atoms with Crippen molar-refractivity contribution in [2.24, 2.45) is 23.2 Å². The van der Waals surface area contributed by atoms with Gasteiger partial charge in [-0.05, 0) is 62.3 Å². The van der Waals surface area contributed by atoms with Gasteiger partial charge in [0.2, 0.25) is 0 Å². The Bertz CT molecular complexity index is 774. The fourth-order valence-corrected chi connectivity index (χ4v) is 5.55. The molecular weight excluding hydrogens is 355 g/mol. The summed E-state index contributed by atoms with van der Waals surface area (Å²) in [5.74, 6) is -0.102. The van der Waals surface area contributed by atoms with Gasteiger partial charge in [-0.15, -0.1) is 0 Å². The highest BCUT2D eigenvalue weighted by Gasteiger charge is 2.55. The fraction of sp³-hybridized carbons (Fsp3) is 0.579. The lowest BCUT2D eigenvalue weighted by Crippen LogP contribution is -2.50. The Hall–Kier alpha value is -2.51. The highest BCUT2D eigenvalue weighted by atomic mass is 19.1. The number of esters is 1. The topological polar surface area (TPSA) is 98.5 Å². The first kappa shape index (κ1) is 17.9. The summed E-state index contributed by atoms with van der Waals surface area (Å²) in [6.07, 6.45) is 6.08. The highest BCUT2D eigenvalue weighted by Crippen LogP contribution is 2.60. The molecule has 4 bridgehead atoms. The average Bonchev–Trinajstić information content (AvgIpc) is 2.60. The van der Waals surface area contributed by atoms with Gasteiger partial charge in [-0.25, -0.2) is 4.39 Å². The summed E-state index contributed by atoms with van der Waals surface area (Å²) in [6.45, 7) is -0.525.